The van der Waals surface area contributed by atoms with Gasteiger partial charge < -0.3 is 10.6 Å². The summed E-state index contributed by atoms with van der Waals surface area (Å²) in [7, 11) is 0. The number of benzene rings is 3. The average molecular weight is 330 g/mol. The Bertz CT molecular complexity index is 844. The second-order valence-corrected chi connectivity index (χ2v) is 5.61. The van der Waals surface area contributed by atoms with Crippen LogP contribution in [0.1, 0.15) is 15.9 Å². The van der Waals surface area contributed by atoms with Crippen molar-refractivity contribution < 1.29 is 9.59 Å². The summed E-state index contributed by atoms with van der Waals surface area (Å²) in [6.07, 6.45) is 0.327. The molecule has 0 atom stereocenters. The molecule has 2 N–H and O–H groups in total. The predicted octanol–water partition coefficient (Wildman–Crippen LogP) is 4.12. The maximum atomic E-state index is 12.1. The first-order valence-electron chi connectivity index (χ1n) is 8.01. The smallest absolute Gasteiger partial charge is 0.255 e. The minimum Gasteiger partial charge on any atom is -0.326 e. The van der Waals surface area contributed by atoms with Crippen molar-refractivity contribution in [1.82, 2.24) is 0 Å². The lowest BCUT2D eigenvalue weighted by atomic mass is 10.1. The van der Waals surface area contributed by atoms with Crippen LogP contribution >= 0.6 is 0 Å². The van der Waals surface area contributed by atoms with Gasteiger partial charge in [0.15, 0.2) is 0 Å². The van der Waals surface area contributed by atoms with Crippen LogP contribution in [0, 0.1) is 0 Å². The molecule has 0 unspecified atom stereocenters. The summed E-state index contributed by atoms with van der Waals surface area (Å²) in [6.45, 7) is 0. The summed E-state index contributed by atoms with van der Waals surface area (Å²) in [5, 5.41) is 5.68. The normalized spacial score (nSPS) is 10.1. The van der Waals surface area contributed by atoms with Gasteiger partial charge in [-0.1, -0.05) is 48.5 Å². The zero-order valence-corrected chi connectivity index (χ0v) is 13.6. The van der Waals surface area contributed by atoms with E-state index in [9.17, 15) is 9.59 Å². The van der Waals surface area contributed by atoms with Crippen LogP contribution < -0.4 is 10.6 Å². The Labute approximate surface area is 146 Å². The molecule has 4 heteroatoms. The lowest BCUT2D eigenvalue weighted by Gasteiger charge is -2.08. The Morgan fingerprint density at radius 3 is 1.76 bits per heavy atom. The predicted molar refractivity (Wildman–Crippen MR) is 99.6 cm³/mol. The van der Waals surface area contributed by atoms with Gasteiger partial charge in [-0.05, 0) is 42.0 Å². The second kappa shape index (κ2) is 7.93. The first kappa shape index (κ1) is 16.5. The summed E-state index contributed by atoms with van der Waals surface area (Å²) in [4.78, 5) is 24.1. The standard InChI is InChI=1S/C21H18N2O2/c24-20(15-16-7-3-1-4-8-16)22-18-11-13-19(14-12-18)23-21(25)17-9-5-2-6-10-17/h1-14H,15H2,(H,22,24)(H,23,25). The van der Waals surface area contributed by atoms with Crippen LogP contribution in [0.25, 0.3) is 0 Å². The summed E-state index contributed by atoms with van der Waals surface area (Å²) >= 11 is 0. The Hall–Kier alpha value is -3.40. The van der Waals surface area contributed by atoms with Crippen LogP contribution in [0.5, 0.6) is 0 Å². The van der Waals surface area contributed by atoms with Gasteiger partial charge in [-0.25, -0.2) is 0 Å². The number of hydrogen-bond acceptors (Lipinski definition) is 2. The van der Waals surface area contributed by atoms with E-state index in [-0.39, 0.29) is 11.8 Å². The average Bonchev–Trinajstić information content (AvgIpc) is 2.65. The molecule has 0 saturated heterocycles. The Morgan fingerprint density at radius 1 is 0.640 bits per heavy atom. The molecule has 0 aliphatic heterocycles. The Morgan fingerprint density at radius 2 is 1.16 bits per heavy atom. The molecule has 2 amide bonds. The second-order valence-electron chi connectivity index (χ2n) is 5.61. The van der Waals surface area contributed by atoms with Gasteiger partial charge in [-0.15, -0.1) is 0 Å². The van der Waals surface area contributed by atoms with Crippen molar-refractivity contribution in [1.29, 1.82) is 0 Å². The minimum absolute atomic E-state index is 0.0766. The third kappa shape index (κ3) is 4.78. The van der Waals surface area contributed by atoms with Crippen LogP contribution in [0.4, 0.5) is 11.4 Å². The van der Waals surface area contributed by atoms with Crippen LogP contribution in [-0.2, 0) is 11.2 Å². The molecule has 3 aromatic carbocycles. The molecule has 4 nitrogen and oxygen atoms in total. The zero-order chi connectivity index (χ0) is 17.5. The highest BCUT2D eigenvalue weighted by Gasteiger charge is 2.06. The number of anilines is 2. The van der Waals surface area contributed by atoms with Gasteiger partial charge in [0.2, 0.25) is 5.91 Å². The van der Waals surface area contributed by atoms with Crippen molar-refractivity contribution in [3.05, 3.63) is 96.1 Å². The highest BCUT2D eigenvalue weighted by Crippen LogP contribution is 2.15. The molecule has 0 aromatic heterocycles. The molecular formula is C21H18N2O2. The van der Waals surface area contributed by atoms with Gasteiger partial charge in [-0.2, -0.15) is 0 Å². The SMILES string of the molecule is O=C(Cc1ccccc1)Nc1ccc(NC(=O)c2ccccc2)cc1. The molecule has 0 heterocycles. The molecule has 0 fully saturated rings. The van der Waals surface area contributed by atoms with Gasteiger partial charge in [-0.3, -0.25) is 9.59 Å². The third-order valence-electron chi connectivity index (χ3n) is 3.67. The van der Waals surface area contributed by atoms with Crippen molar-refractivity contribution in [2.75, 3.05) is 10.6 Å². The number of amides is 2. The van der Waals surface area contributed by atoms with E-state index in [1.807, 2.05) is 48.5 Å². The van der Waals surface area contributed by atoms with Crippen LogP contribution in [0.15, 0.2) is 84.9 Å². The van der Waals surface area contributed by atoms with E-state index in [4.69, 9.17) is 0 Å². The molecule has 0 aliphatic rings. The van der Waals surface area contributed by atoms with E-state index in [1.165, 1.54) is 0 Å². The highest BCUT2D eigenvalue weighted by atomic mass is 16.2. The van der Waals surface area contributed by atoms with Crippen LogP contribution in [0.2, 0.25) is 0 Å². The summed E-state index contributed by atoms with van der Waals surface area (Å²) < 4.78 is 0. The van der Waals surface area contributed by atoms with Gasteiger partial charge in [0.25, 0.3) is 5.91 Å². The van der Waals surface area contributed by atoms with Crippen molar-refractivity contribution in [2.45, 2.75) is 6.42 Å². The van der Waals surface area contributed by atoms with Crippen LogP contribution in [0.3, 0.4) is 0 Å². The van der Waals surface area contributed by atoms with Gasteiger partial charge >= 0.3 is 0 Å². The maximum absolute atomic E-state index is 12.1. The van der Waals surface area contributed by atoms with E-state index >= 15 is 0 Å². The molecule has 25 heavy (non-hydrogen) atoms. The molecule has 0 radical (unpaired) electrons. The fourth-order valence-corrected chi connectivity index (χ4v) is 2.42. The topological polar surface area (TPSA) is 58.2 Å². The fourth-order valence-electron chi connectivity index (χ4n) is 2.42. The summed E-state index contributed by atoms with van der Waals surface area (Å²) in [5.74, 6) is -0.242. The van der Waals surface area contributed by atoms with Crippen molar-refractivity contribution in [3.63, 3.8) is 0 Å². The van der Waals surface area contributed by atoms with E-state index < -0.39 is 0 Å². The largest absolute Gasteiger partial charge is 0.326 e. The van der Waals surface area contributed by atoms with Crippen molar-refractivity contribution in [3.8, 4) is 0 Å². The Balaban J connectivity index is 1.57. The number of carbonyl (C=O) groups excluding carboxylic acids is 2. The van der Waals surface area contributed by atoms with E-state index in [1.54, 1.807) is 36.4 Å². The van der Waals surface area contributed by atoms with Gasteiger partial charge in [0, 0.05) is 16.9 Å². The molecule has 0 aliphatic carbocycles. The lowest BCUT2D eigenvalue weighted by Crippen LogP contribution is -2.14. The molecule has 0 bridgehead atoms. The zero-order valence-electron chi connectivity index (χ0n) is 13.6. The first-order valence-corrected chi connectivity index (χ1v) is 8.01. The van der Waals surface area contributed by atoms with Crippen molar-refractivity contribution in [2.24, 2.45) is 0 Å². The lowest BCUT2D eigenvalue weighted by molar-refractivity contribution is -0.115. The number of carbonyl (C=O) groups is 2. The van der Waals surface area contributed by atoms with Gasteiger partial charge in [0.05, 0.1) is 6.42 Å². The quantitative estimate of drug-likeness (QED) is 0.739. The monoisotopic (exact) mass is 330 g/mol. The van der Waals surface area contributed by atoms with Gasteiger partial charge in [0.1, 0.15) is 0 Å². The molecule has 3 aromatic rings. The summed E-state index contributed by atoms with van der Waals surface area (Å²) in [5.41, 5.74) is 2.93. The molecule has 0 spiro atoms. The number of rotatable bonds is 5. The van der Waals surface area contributed by atoms with E-state index in [0.717, 1.165) is 5.56 Å². The molecule has 3 rings (SSSR count). The molecular weight excluding hydrogens is 312 g/mol. The summed E-state index contributed by atoms with van der Waals surface area (Å²) in [6, 6.07) is 25.7. The fraction of sp³-hybridized carbons (Fsp3) is 0.0476. The highest BCUT2D eigenvalue weighted by molar-refractivity contribution is 6.04. The number of hydrogen-bond donors (Lipinski definition) is 2. The molecule has 124 valence electrons. The third-order valence-corrected chi connectivity index (χ3v) is 3.67. The maximum Gasteiger partial charge on any atom is 0.255 e. The number of nitrogens with one attached hydrogen (secondary N) is 2. The minimum atomic E-state index is -0.165. The molecule has 0 saturated carbocycles. The Kier molecular flexibility index (Phi) is 5.22. The van der Waals surface area contributed by atoms with E-state index in [2.05, 4.69) is 10.6 Å². The van der Waals surface area contributed by atoms with Crippen molar-refractivity contribution >= 4 is 23.2 Å². The first-order chi connectivity index (χ1) is 12.2. The van der Waals surface area contributed by atoms with E-state index in [0.29, 0.717) is 23.4 Å². The van der Waals surface area contributed by atoms with Crippen LogP contribution in [-0.4, -0.2) is 11.8 Å².